The van der Waals surface area contributed by atoms with E-state index in [1.807, 2.05) is 0 Å². The van der Waals surface area contributed by atoms with Crippen molar-refractivity contribution in [1.29, 1.82) is 0 Å². The van der Waals surface area contributed by atoms with Crippen molar-refractivity contribution in [2.24, 2.45) is 5.92 Å². The molecule has 0 bridgehead atoms. The first-order chi connectivity index (χ1) is 13.5. The van der Waals surface area contributed by atoms with Crippen LogP contribution in [0.4, 0.5) is 13.2 Å². The van der Waals surface area contributed by atoms with Gasteiger partial charge < -0.3 is 0 Å². The van der Waals surface area contributed by atoms with Gasteiger partial charge in [0.15, 0.2) is 0 Å². The molecule has 0 aliphatic carbocycles. The van der Waals surface area contributed by atoms with Crippen LogP contribution in [0, 0.1) is 23.4 Å². The molecule has 1 fully saturated rings. The summed E-state index contributed by atoms with van der Waals surface area (Å²) in [6.45, 7) is 2.65. The number of hydrogen-bond acceptors (Lipinski definition) is 3. The summed E-state index contributed by atoms with van der Waals surface area (Å²) in [4.78, 5) is 19.0. The number of aromatic nitrogens is 2. The van der Waals surface area contributed by atoms with Crippen LogP contribution in [0.5, 0.6) is 0 Å². The topological polar surface area (TPSA) is 38.1 Å². The first-order valence-electron chi connectivity index (χ1n) is 9.30. The van der Waals surface area contributed by atoms with Crippen molar-refractivity contribution in [2.75, 3.05) is 13.1 Å². The lowest BCUT2D eigenvalue weighted by Gasteiger charge is -2.32. The Kier molecular flexibility index (Phi) is 5.17. The Bertz CT molecular complexity index is 1040. The molecule has 0 saturated carbocycles. The van der Waals surface area contributed by atoms with E-state index in [9.17, 15) is 18.0 Å². The van der Waals surface area contributed by atoms with Gasteiger partial charge in [-0.2, -0.15) is 0 Å². The third-order valence-corrected chi connectivity index (χ3v) is 5.28. The van der Waals surface area contributed by atoms with E-state index in [0.29, 0.717) is 35.5 Å². The van der Waals surface area contributed by atoms with Crippen molar-refractivity contribution in [2.45, 2.75) is 25.9 Å². The summed E-state index contributed by atoms with van der Waals surface area (Å²) in [6, 6.07) is 7.59. The van der Waals surface area contributed by atoms with Crippen LogP contribution in [0.15, 0.2) is 47.5 Å². The molecule has 4 rings (SSSR count). The molecule has 2 heterocycles. The Morgan fingerprint density at radius 2 is 1.68 bits per heavy atom. The number of rotatable bonds is 4. The Hall–Kier alpha value is -2.67. The monoisotopic (exact) mass is 387 g/mol. The Morgan fingerprint density at radius 3 is 2.39 bits per heavy atom. The van der Waals surface area contributed by atoms with E-state index >= 15 is 0 Å². The maximum atomic E-state index is 13.3. The lowest BCUT2D eigenvalue weighted by Crippen LogP contribution is -2.36. The highest BCUT2D eigenvalue weighted by molar-refractivity contribution is 5.77. The molecule has 0 amide bonds. The van der Waals surface area contributed by atoms with Gasteiger partial charge in [-0.05, 0) is 61.7 Å². The number of benzene rings is 2. The number of halogens is 3. The third-order valence-electron chi connectivity index (χ3n) is 5.28. The molecule has 0 N–H and O–H groups in total. The quantitative estimate of drug-likeness (QED) is 0.685. The van der Waals surface area contributed by atoms with Gasteiger partial charge in [-0.15, -0.1) is 0 Å². The Labute approximate surface area is 160 Å². The van der Waals surface area contributed by atoms with Crippen LogP contribution in [0.3, 0.4) is 0 Å². The average molecular weight is 387 g/mol. The zero-order chi connectivity index (χ0) is 19.7. The van der Waals surface area contributed by atoms with Crippen molar-refractivity contribution in [1.82, 2.24) is 14.5 Å². The average Bonchev–Trinajstić information content (AvgIpc) is 2.65. The minimum atomic E-state index is -0.562. The molecule has 1 saturated heterocycles. The van der Waals surface area contributed by atoms with Gasteiger partial charge in [0.2, 0.25) is 0 Å². The second-order valence-corrected chi connectivity index (χ2v) is 7.36. The van der Waals surface area contributed by atoms with E-state index < -0.39 is 17.5 Å². The predicted molar refractivity (Wildman–Crippen MR) is 100 cm³/mol. The van der Waals surface area contributed by atoms with Gasteiger partial charge in [0.25, 0.3) is 5.56 Å². The second kappa shape index (κ2) is 7.75. The summed E-state index contributed by atoms with van der Waals surface area (Å²) in [5, 5.41) is 0.412. The van der Waals surface area contributed by atoms with Crippen LogP contribution < -0.4 is 5.56 Å². The molecule has 1 aliphatic rings. The van der Waals surface area contributed by atoms with Crippen LogP contribution in [0.1, 0.15) is 18.4 Å². The van der Waals surface area contributed by atoms with Crippen LogP contribution >= 0.6 is 0 Å². The smallest absolute Gasteiger partial charge is 0.261 e. The van der Waals surface area contributed by atoms with E-state index in [0.717, 1.165) is 32.0 Å². The maximum absolute atomic E-state index is 13.3. The van der Waals surface area contributed by atoms with E-state index in [4.69, 9.17) is 0 Å². The summed E-state index contributed by atoms with van der Waals surface area (Å²) in [6.07, 6.45) is 3.24. The summed E-state index contributed by atoms with van der Waals surface area (Å²) in [7, 11) is 0. The number of nitrogens with zero attached hydrogens (tertiary/aromatic N) is 3. The molecule has 1 aliphatic heterocycles. The molecular formula is C21H20F3N3O. The Balaban J connectivity index is 1.39. The largest absolute Gasteiger partial charge is 0.299 e. The maximum Gasteiger partial charge on any atom is 0.261 e. The number of hydrogen-bond donors (Lipinski definition) is 0. The molecule has 3 aromatic rings. The highest BCUT2D eigenvalue weighted by atomic mass is 19.1. The molecular weight excluding hydrogens is 367 g/mol. The summed E-state index contributed by atoms with van der Waals surface area (Å²) < 4.78 is 41.5. The van der Waals surface area contributed by atoms with Crippen molar-refractivity contribution in [3.8, 4) is 0 Å². The van der Waals surface area contributed by atoms with Crippen molar-refractivity contribution in [3.05, 3.63) is 76.1 Å². The molecule has 0 spiro atoms. The minimum Gasteiger partial charge on any atom is -0.299 e. The number of fused-ring (bicyclic) bond motifs is 1. The fourth-order valence-electron chi connectivity index (χ4n) is 3.83. The molecule has 4 nitrogen and oxygen atoms in total. The highest BCUT2D eigenvalue weighted by Gasteiger charge is 2.21. The lowest BCUT2D eigenvalue weighted by atomic mass is 9.96. The SMILES string of the molecule is O=c1c2ccc(F)cc2ncn1CC1CCN(Cc2cc(F)cc(F)c2)CC1. The lowest BCUT2D eigenvalue weighted by molar-refractivity contribution is 0.166. The summed E-state index contributed by atoms with van der Waals surface area (Å²) in [5.74, 6) is -1.22. The summed E-state index contributed by atoms with van der Waals surface area (Å²) in [5.41, 5.74) is 0.819. The van der Waals surface area contributed by atoms with Crippen molar-refractivity contribution >= 4 is 10.9 Å². The molecule has 1 aromatic heterocycles. The molecule has 146 valence electrons. The highest BCUT2D eigenvalue weighted by Crippen LogP contribution is 2.21. The molecule has 7 heteroatoms. The van der Waals surface area contributed by atoms with E-state index in [2.05, 4.69) is 9.88 Å². The standard InChI is InChI=1S/C21H20F3N3O/c22-16-1-2-19-20(10-16)25-13-27(21(19)28)12-14-3-5-26(6-4-14)11-15-7-17(23)9-18(24)8-15/h1-2,7-10,13-14H,3-6,11-12H2. The molecule has 28 heavy (non-hydrogen) atoms. The van der Waals surface area contributed by atoms with E-state index in [-0.39, 0.29) is 5.56 Å². The molecule has 0 unspecified atom stereocenters. The normalized spacial score (nSPS) is 16.0. The summed E-state index contributed by atoms with van der Waals surface area (Å²) >= 11 is 0. The van der Waals surface area contributed by atoms with Gasteiger partial charge in [-0.1, -0.05) is 0 Å². The van der Waals surface area contributed by atoms with E-state index in [1.54, 1.807) is 4.57 Å². The van der Waals surface area contributed by atoms with Crippen LogP contribution in [0.2, 0.25) is 0 Å². The first-order valence-corrected chi connectivity index (χ1v) is 9.30. The third kappa shape index (κ3) is 4.09. The number of piperidine rings is 1. The second-order valence-electron chi connectivity index (χ2n) is 7.36. The van der Waals surface area contributed by atoms with Crippen molar-refractivity contribution < 1.29 is 13.2 Å². The number of likely N-dealkylation sites (tertiary alicyclic amines) is 1. The van der Waals surface area contributed by atoms with Gasteiger partial charge in [0.05, 0.1) is 17.2 Å². The van der Waals surface area contributed by atoms with Crippen LogP contribution in [-0.4, -0.2) is 27.5 Å². The van der Waals surface area contributed by atoms with Gasteiger partial charge in [-0.25, -0.2) is 18.2 Å². The van der Waals surface area contributed by atoms with Crippen LogP contribution in [-0.2, 0) is 13.1 Å². The van der Waals surface area contributed by atoms with Crippen LogP contribution in [0.25, 0.3) is 10.9 Å². The first kappa shape index (κ1) is 18.7. The minimum absolute atomic E-state index is 0.164. The van der Waals surface area contributed by atoms with Gasteiger partial charge in [0, 0.05) is 25.2 Å². The Morgan fingerprint density at radius 1 is 0.964 bits per heavy atom. The molecule has 0 radical (unpaired) electrons. The van der Waals surface area contributed by atoms with Gasteiger partial charge >= 0.3 is 0 Å². The van der Waals surface area contributed by atoms with E-state index in [1.165, 1.54) is 36.7 Å². The fraction of sp³-hybridized carbons (Fsp3) is 0.333. The van der Waals surface area contributed by atoms with Gasteiger partial charge in [-0.3, -0.25) is 14.3 Å². The molecule has 0 atom stereocenters. The van der Waals surface area contributed by atoms with Crippen molar-refractivity contribution in [3.63, 3.8) is 0 Å². The zero-order valence-corrected chi connectivity index (χ0v) is 15.2. The zero-order valence-electron chi connectivity index (χ0n) is 15.2. The fourth-order valence-corrected chi connectivity index (χ4v) is 3.83. The van der Waals surface area contributed by atoms with Gasteiger partial charge in [0.1, 0.15) is 17.5 Å². The molecule has 2 aromatic carbocycles. The predicted octanol–water partition coefficient (Wildman–Crippen LogP) is 3.73.